The monoisotopic (exact) mass is 301 g/mol. The van der Waals surface area contributed by atoms with Gasteiger partial charge in [-0.1, -0.05) is 41.9 Å². The zero-order chi connectivity index (χ0) is 14.8. The normalized spacial score (nSPS) is 11.0. The molecule has 2 aromatic heterocycles. The van der Waals surface area contributed by atoms with Crippen molar-refractivity contribution in [2.75, 3.05) is 18.0 Å². The van der Waals surface area contributed by atoms with Crippen LogP contribution >= 0.6 is 11.6 Å². The van der Waals surface area contributed by atoms with Gasteiger partial charge in [-0.2, -0.15) is 9.61 Å². The molecule has 0 unspecified atom stereocenters. The topological polar surface area (TPSA) is 46.3 Å². The maximum Gasteiger partial charge on any atom is 0.185 e. The standard InChI is InChI=1S/C15H16ClN5/c1-3-20(4-2)12-10-13-17-18-15(21(13)19-14(12)16)11-8-6-5-7-9-11/h5-10H,3-4H2,1-2H3. The summed E-state index contributed by atoms with van der Waals surface area (Å²) in [4.78, 5) is 2.15. The molecule has 108 valence electrons. The van der Waals surface area contributed by atoms with Crippen LogP contribution in [0.25, 0.3) is 17.0 Å². The Bertz CT molecular complexity index is 749. The van der Waals surface area contributed by atoms with E-state index in [1.807, 2.05) is 36.4 Å². The maximum absolute atomic E-state index is 6.34. The van der Waals surface area contributed by atoms with Gasteiger partial charge in [-0.15, -0.1) is 10.2 Å². The second-order valence-corrected chi connectivity index (χ2v) is 5.01. The van der Waals surface area contributed by atoms with Crippen LogP contribution in [0.15, 0.2) is 36.4 Å². The summed E-state index contributed by atoms with van der Waals surface area (Å²) in [6, 6.07) is 11.8. The van der Waals surface area contributed by atoms with Crippen molar-refractivity contribution < 1.29 is 0 Å². The number of halogens is 1. The molecule has 0 aliphatic rings. The molecule has 0 spiro atoms. The molecule has 0 bridgehead atoms. The third-order valence-corrected chi connectivity index (χ3v) is 3.74. The van der Waals surface area contributed by atoms with Crippen LogP contribution in [0.1, 0.15) is 13.8 Å². The lowest BCUT2D eigenvalue weighted by atomic mass is 10.2. The van der Waals surface area contributed by atoms with E-state index in [1.54, 1.807) is 4.52 Å². The molecule has 3 aromatic rings. The molecule has 0 amide bonds. The van der Waals surface area contributed by atoms with Crippen LogP contribution in [0.2, 0.25) is 5.15 Å². The van der Waals surface area contributed by atoms with Gasteiger partial charge in [0.25, 0.3) is 0 Å². The Morgan fingerprint density at radius 3 is 2.48 bits per heavy atom. The van der Waals surface area contributed by atoms with Crippen molar-refractivity contribution in [2.45, 2.75) is 13.8 Å². The summed E-state index contributed by atoms with van der Waals surface area (Å²) in [7, 11) is 0. The van der Waals surface area contributed by atoms with Gasteiger partial charge in [0.05, 0.1) is 5.69 Å². The molecule has 0 N–H and O–H groups in total. The molecule has 3 rings (SSSR count). The van der Waals surface area contributed by atoms with Crippen LogP contribution in [-0.4, -0.2) is 32.9 Å². The predicted molar refractivity (Wildman–Crippen MR) is 84.8 cm³/mol. The van der Waals surface area contributed by atoms with E-state index in [2.05, 4.69) is 34.0 Å². The van der Waals surface area contributed by atoms with Gasteiger partial charge in [0.15, 0.2) is 16.6 Å². The summed E-state index contributed by atoms with van der Waals surface area (Å²) in [6.07, 6.45) is 0. The summed E-state index contributed by atoms with van der Waals surface area (Å²) < 4.78 is 1.69. The molecule has 0 saturated carbocycles. The van der Waals surface area contributed by atoms with Crippen LogP contribution in [0.3, 0.4) is 0 Å². The van der Waals surface area contributed by atoms with Crippen LogP contribution in [0, 0.1) is 0 Å². The Hall–Kier alpha value is -2.14. The first-order valence-corrected chi connectivity index (χ1v) is 7.34. The summed E-state index contributed by atoms with van der Waals surface area (Å²) in [5.74, 6) is 0.693. The largest absolute Gasteiger partial charge is 0.369 e. The van der Waals surface area contributed by atoms with Gasteiger partial charge in [-0.25, -0.2) is 0 Å². The molecule has 0 aliphatic heterocycles. The number of rotatable bonds is 4. The second kappa shape index (κ2) is 5.69. The van der Waals surface area contributed by atoms with Crippen molar-refractivity contribution in [3.8, 4) is 11.4 Å². The van der Waals surface area contributed by atoms with E-state index in [4.69, 9.17) is 11.6 Å². The number of nitrogens with zero attached hydrogens (tertiary/aromatic N) is 5. The minimum atomic E-state index is 0.461. The Morgan fingerprint density at radius 2 is 1.81 bits per heavy atom. The highest BCUT2D eigenvalue weighted by Gasteiger charge is 2.15. The minimum Gasteiger partial charge on any atom is -0.369 e. The lowest BCUT2D eigenvalue weighted by Gasteiger charge is -2.21. The Balaban J connectivity index is 2.15. The Morgan fingerprint density at radius 1 is 1.10 bits per heavy atom. The highest BCUT2D eigenvalue weighted by atomic mass is 35.5. The van der Waals surface area contributed by atoms with E-state index >= 15 is 0 Å². The van der Waals surface area contributed by atoms with Gasteiger partial charge in [0.2, 0.25) is 0 Å². The van der Waals surface area contributed by atoms with Crippen LogP contribution in [0.4, 0.5) is 5.69 Å². The molecular formula is C15H16ClN5. The van der Waals surface area contributed by atoms with Crippen molar-refractivity contribution in [3.05, 3.63) is 41.6 Å². The lowest BCUT2D eigenvalue weighted by Crippen LogP contribution is -2.22. The molecule has 6 heteroatoms. The van der Waals surface area contributed by atoms with Crippen LogP contribution in [-0.2, 0) is 0 Å². The fourth-order valence-electron chi connectivity index (χ4n) is 2.35. The number of fused-ring (bicyclic) bond motifs is 1. The van der Waals surface area contributed by atoms with Gasteiger partial charge in [0.1, 0.15) is 0 Å². The minimum absolute atomic E-state index is 0.461. The molecule has 0 fully saturated rings. The van der Waals surface area contributed by atoms with Gasteiger partial charge < -0.3 is 4.90 Å². The summed E-state index contributed by atoms with van der Waals surface area (Å²) in [5, 5.41) is 13.4. The van der Waals surface area contributed by atoms with Gasteiger partial charge in [0, 0.05) is 24.7 Å². The molecule has 2 heterocycles. The van der Waals surface area contributed by atoms with E-state index in [9.17, 15) is 0 Å². The average molecular weight is 302 g/mol. The fraction of sp³-hybridized carbons (Fsp3) is 0.267. The van der Waals surface area contributed by atoms with Crippen molar-refractivity contribution in [1.82, 2.24) is 19.8 Å². The van der Waals surface area contributed by atoms with Crippen molar-refractivity contribution in [1.29, 1.82) is 0 Å². The SMILES string of the molecule is CCN(CC)c1cc2nnc(-c3ccccc3)n2nc1Cl. The third kappa shape index (κ3) is 2.45. The lowest BCUT2D eigenvalue weighted by molar-refractivity contribution is 0.847. The molecule has 0 radical (unpaired) electrons. The van der Waals surface area contributed by atoms with E-state index in [-0.39, 0.29) is 0 Å². The zero-order valence-corrected chi connectivity index (χ0v) is 12.7. The Labute approximate surface area is 128 Å². The molecule has 0 saturated heterocycles. The van der Waals surface area contributed by atoms with E-state index in [0.717, 1.165) is 24.3 Å². The number of aromatic nitrogens is 4. The zero-order valence-electron chi connectivity index (χ0n) is 12.0. The highest BCUT2D eigenvalue weighted by Crippen LogP contribution is 2.26. The first-order chi connectivity index (χ1) is 10.2. The van der Waals surface area contributed by atoms with Gasteiger partial charge in [-0.05, 0) is 13.8 Å². The quantitative estimate of drug-likeness (QED) is 0.742. The first-order valence-electron chi connectivity index (χ1n) is 6.97. The van der Waals surface area contributed by atoms with E-state index in [1.165, 1.54) is 0 Å². The number of hydrogen-bond acceptors (Lipinski definition) is 4. The molecular weight excluding hydrogens is 286 g/mol. The molecule has 21 heavy (non-hydrogen) atoms. The number of hydrogen-bond donors (Lipinski definition) is 0. The van der Waals surface area contributed by atoms with Gasteiger partial charge in [-0.3, -0.25) is 0 Å². The average Bonchev–Trinajstić information content (AvgIpc) is 2.92. The van der Waals surface area contributed by atoms with Crippen LogP contribution in [0.5, 0.6) is 0 Å². The summed E-state index contributed by atoms with van der Waals surface area (Å²) in [6.45, 7) is 5.91. The maximum atomic E-state index is 6.34. The van der Waals surface area contributed by atoms with Crippen molar-refractivity contribution >= 4 is 22.9 Å². The molecule has 1 aromatic carbocycles. The van der Waals surface area contributed by atoms with E-state index in [0.29, 0.717) is 16.6 Å². The van der Waals surface area contributed by atoms with Crippen LogP contribution < -0.4 is 4.90 Å². The van der Waals surface area contributed by atoms with Crippen molar-refractivity contribution in [2.24, 2.45) is 0 Å². The molecule has 0 aliphatic carbocycles. The molecule has 0 atom stereocenters. The fourth-order valence-corrected chi connectivity index (χ4v) is 2.60. The highest BCUT2D eigenvalue weighted by molar-refractivity contribution is 6.32. The first kappa shape index (κ1) is 13.8. The summed E-state index contributed by atoms with van der Waals surface area (Å²) >= 11 is 6.34. The van der Waals surface area contributed by atoms with Gasteiger partial charge >= 0.3 is 0 Å². The predicted octanol–water partition coefficient (Wildman–Crippen LogP) is 3.29. The summed E-state index contributed by atoms with van der Waals surface area (Å²) in [5.41, 5.74) is 2.55. The number of anilines is 1. The molecule has 5 nitrogen and oxygen atoms in total. The second-order valence-electron chi connectivity index (χ2n) is 4.65. The smallest absolute Gasteiger partial charge is 0.185 e. The van der Waals surface area contributed by atoms with E-state index < -0.39 is 0 Å². The van der Waals surface area contributed by atoms with Crippen molar-refractivity contribution in [3.63, 3.8) is 0 Å². The Kier molecular flexibility index (Phi) is 3.75. The number of benzene rings is 1. The third-order valence-electron chi connectivity index (χ3n) is 3.47.